The van der Waals surface area contributed by atoms with Crippen LogP contribution in [0, 0.1) is 20.5 Å². The lowest BCUT2D eigenvalue weighted by molar-refractivity contribution is -2.00. The second-order valence-electron chi connectivity index (χ2n) is 5.39. The maximum atomic E-state index is 8.49. The lowest BCUT2D eigenvalue weighted by Gasteiger charge is -2.17. The summed E-state index contributed by atoms with van der Waals surface area (Å²) in [6.45, 7) is 0. The summed E-state index contributed by atoms with van der Waals surface area (Å²) in [5, 5.41) is 0. The minimum Gasteiger partial charge on any atom is -0.222 e. The normalized spacial score (nSPS) is 11.0. The van der Waals surface area contributed by atoms with E-state index in [1.54, 1.807) is 6.33 Å². The smallest absolute Gasteiger partial charge is 0.169 e. The number of aryl methyl sites for hydroxylation is 2. The van der Waals surface area contributed by atoms with Gasteiger partial charge < -0.3 is 0 Å². The molecule has 0 bridgehead atoms. The molecule has 0 amide bonds. The lowest BCUT2D eigenvalue weighted by atomic mass is 10.2. The summed E-state index contributed by atoms with van der Waals surface area (Å²) in [6, 6.07) is 7.96. The van der Waals surface area contributed by atoms with Gasteiger partial charge in [0.05, 0.1) is 0 Å². The van der Waals surface area contributed by atoms with Crippen LogP contribution in [-0.4, -0.2) is 15.0 Å². The van der Waals surface area contributed by atoms with E-state index in [4.69, 9.17) is 37.3 Å². The van der Waals surface area contributed by atoms with Gasteiger partial charge in [-0.1, -0.05) is 0 Å². The van der Waals surface area contributed by atoms with Gasteiger partial charge in [0.1, 0.15) is 20.4 Å². The first kappa shape index (κ1) is 25.6. The first-order valence-corrected chi connectivity index (χ1v) is 10.0. The topological polar surface area (TPSA) is 231 Å². The van der Waals surface area contributed by atoms with E-state index in [9.17, 15) is 0 Å². The van der Waals surface area contributed by atoms with E-state index in [-0.39, 0.29) is 0 Å². The quantitative estimate of drug-likeness (QED) is 0.323. The SMILES string of the molecule is C[n+]1ccc(-c2ncnc(-c3cc[n+](C)cc3)n2)cc1.[O-][Cl+3]([O-])([O-])[O-].[O-][Cl+3]([O-])([O-])[O-]. The Labute approximate surface area is 174 Å². The van der Waals surface area contributed by atoms with Gasteiger partial charge in [0.25, 0.3) is 0 Å². The van der Waals surface area contributed by atoms with Crippen LogP contribution in [0.15, 0.2) is 55.4 Å². The molecule has 0 N–H and O–H groups in total. The Morgan fingerprint density at radius 2 is 0.867 bits per heavy atom. The number of nitrogens with zero attached hydrogens (tertiary/aromatic N) is 5. The highest BCUT2D eigenvalue weighted by Gasteiger charge is 2.08. The van der Waals surface area contributed by atoms with Crippen molar-refractivity contribution in [3.8, 4) is 22.8 Å². The van der Waals surface area contributed by atoms with Gasteiger partial charge in [0.2, 0.25) is 0 Å². The average molecular weight is 464 g/mol. The summed E-state index contributed by atoms with van der Waals surface area (Å²) >= 11 is 0. The summed E-state index contributed by atoms with van der Waals surface area (Å²) in [5.74, 6) is 1.37. The van der Waals surface area contributed by atoms with Gasteiger partial charge in [0, 0.05) is 35.4 Å². The second kappa shape index (κ2) is 11.1. The van der Waals surface area contributed by atoms with Gasteiger partial charge in [-0.3, -0.25) is 0 Å². The fourth-order valence-electron chi connectivity index (χ4n) is 1.87. The van der Waals surface area contributed by atoms with Gasteiger partial charge in [-0.2, -0.15) is 0 Å². The summed E-state index contributed by atoms with van der Waals surface area (Å²) in [4.78, 5) is 13.0. The molecule has 0 saturated heterocycles. The van der Waals surface area contributed by atoms with Crippen LogP contribution >= 0.6 is 0 Å². The predicted octanol–water partition coefficient (Wildman–Crippen LogP) is -8.66. The highest BCUT2D eigenvalue weighted by molar-refractivity contribution is 5.58. The lowest BCUT2D eigenvalue weighted by Crippen LogP contribution is -2.68. The first-order valence-electron chi connectivity index (χ1n) is 7.56. The summed E-state index contributed by atoms with van der Waals surface area (Å²) in [6.07, 6.45) is 9.45. The van der Waals surface area contributed by atoms with Crippen LogP contribution in [0.2, 0.25) is 0 Å². The highest BCUT2D eigenvalue weighted by Crippen LogP contribution is 2.16. The number of halogens is 2. The first-order chi connectivity index (χ1) is 13.7. The molecule has 30 heavy (non-hydrogen) atoms. The van der Waals surface area contributed by atoms with Crippen molar-refractivity contribution in [3.63, 3.8) is 0 Å². The summed E-state index contributed by atoms with van der Waals surface area (Å²) in [5.41, 5.74) is 1.96. The van der Waals surface area contributed by atoms with E-state index >= 15 is 0 Å². The molecule has 0 aromatic carbocycles. The molecular formula is C15H15Cl2N5O8. The van der Waals surface area contributed by atoms with Crippen LogP contribution in [0.1, 0.15) is 0 Å². The average Bonchev–Trinajstić information content (AvgIpc) is 2.60. The third-order valence-corrected chi connectivity index (χ3v) is 3.05. The van der Waals surface area contributed by atoms with Crippen molar-refractivity contribution < 1.29 is 66.9 Å². The van der Waals surface area contributed by atoms with Crippen LogP contribution in [0.25, 0.3) is 22.8 Å². The van der Waals surface area contributed by atoms with Gasteiger partial charge in [0.15, 0.2) is 36.4 Å². The van der Waals surface area contributed by atoms with E-state index in [1.165, 1.54) is 0 Å². The van der Waals surface area contributed by atoms with Crippen molar-refractivity contribution >= 4 is 0 Å². The van der Waals surface area contributed by atoms with Crippen LogP contribution in [-0.2, 0) is 14.1 Å². The standard InChI is InChI=1S/C15H15N5.2ClHO4/c1-19-7-3-12(4-8-19)14-16-11-17-15(18-14)13-5-9-20(2)10-6-13;2*2-1(3,4)5/h3-11H,1-2H3;2*(H,2,3,4,5)/q+2;;/p-2. The Morgan fingerprint density at radius 3 is 1.13 bits per heavy atom. The monoisotopic (exact) mass is 463 g/mol. The fraction of sp³-hybridized carbons (Fsp3) is 0.133. The summed E-state index contributed by atoms with van der Waals surface area (Å²) in [7, 11) is -5.93. The Hall–Kier alpha value is -2.43. The molecule has 0 unspecified atom stereocenters. The van der Waals surface area contributed by atoms with E-state index < -0.39 is 20.5 Å². The third-order valence-electron chi connectivity index (χ3n) is 3.05. The molecule has 0 saturated carbocycles. The molecule has 15 heteroatoms. The Balaban J connectivity index is 0.000000378. The van der Waals surface area contributed by atoms with E-state index in [0.717, 1.165) is 11.1 Å². The van der Waals surface area contributed by atoms with Gasteiger partial charge in [-0.05, 0) is 0 Å². The van der Waals surface area contributed by atoms with Crippen LogP contribution < -0.4 is 46.4 Å². The minimum absolute atomic E-state index is 0.684. The van der Waals surface area contributed by atoms with Gasteiger partial charge in [-0.25, -0.2) is 61.4 Å². The number of hydrogen-bond acceptors (Lipinski definition) is 11. The van der Waals surface area contributed by atoms with E-state index in [0.29, 0.717) is 11.6 Å². The van der Waals surface area contributed by atoms with E-state index in [2.05, 4.69) is 15.0 Å². The zero-order chi connectivity index (χ0) is 22.9. The van der Waals surface area contributed by atoms with Crippen LogP contribution in [0.3, 0.4) is 0 Å². The predicted molar refractivity (Wildman–Crippen MR) is 73.1 cm³/mol. The molecule has 0 fully saturated rings. The highest BCUT2D eigenvalue weighted by atomic mass is 35.7. The number of hydrogen-bond donors (Lipinski definition) is 0. The molecule has 3 heterocycles. The van der Waals surface area contributed by atoms with Crippen molar-refractivity contribution in [2.45, 2.75) is 0 Å². The van der Waals surface area contributed by atoms with Crippen molar-refractivity contribution in [2.75, 3.05) is 0 Å². The minimum atomic E-state index is -4.94. The van der Waals surface area contributed by atoms with Crippen molar-refractivity contribution in [1.29, 1.82) is 0 Å². The molecular weight excluding hydrogens is 449 g/mol. The molecule has 0 spiro atoms. The van der Waals surface area contributed by atoms with Crippen molar-refractivity contribution in [1.82, 2.24) is 15.0 Å². The Kier molecular flexibility index (Phi) is 9.47. The number of aromatic nitrogens is 5. The van der Waals surface area contributed by atoms with Crippen molar-refractivity contribution in [2.24, 2.45) is 14.1 Å². The molecule has 162 valence electrons. The summed E-state index contributed by atoms with van der Waals surface area (Å²) < 4.78 is 71.9. The molecule has 0 aliphatic carbocycles. The Bertz CT molecular complexity index is 833. The second-order valence-corrected chi connectivity index (χ2v) is 6.91. The Morgan fingerprint density at radius 1 is 0.600 bits per heavy atom. The molecule has 0 aliphatic heterocycles. The molecule has 0 atom stereocenters. The number of rotatable bonds is 2. The zero-order valence-corrected chi connectivity index (χ0v) is 17.0. The van der Waals surface area contributed by atoms with Crippen LogP contribution in [0.4, 0.5) is 0 Å². The zero-order valence-electron chi connectivity index (χ0n) is 15.5. The maximum Gasteiger partial charge on any atom is 0.169 e. The number of pyridine rings is 2. The maximum absolute atomic E-state index is 8.49. The van der Waals surface area contributed by atoms with E-state index in [1.807, 2.05) is 72.3 Å². The molecule has 3 aromatic heterocycles. The van der Waals surface area contributed by atoms with Crippen molar-refractivity contribution in [3.05, 3.63) is 55.4 Å². The molecule has 0 radical (unpaired) electrons. The molecule has 0 aliphatic rings. The molecule has 3 aromatic rings. The van der Waals surface area contributed by atoms with Gasteiger partial charge >= 0.3 is 0 Å². The van der Waals surface area contributed by atoms with Gasteiger partial charge in [-0.15, -0.1) is 20.5 Å². The third kappa shape index (κ3) is 12.2. The molecule has 3 rings (SSSR count). The largest absolute Gasteiger partial charge is 0.222 e. The fourth-order valence-corrected chi connectivity index (χ4v) is 1.87. The molecule has 13 nitrogen and oxygen atoms in total. The van der Waals surface area contributed by atoms with Crippen LogP contribution in [0.5, 0.6) is 0 Å².